The van der Waals surface area contributed by atoms with Crippen LogP contribution >= 0.6 is 22.9 Å². The van der Waals surface area contributed by atoms with E-state index in [1.54, 1.807) is 35.7 Å². The molecule has 3 aromatic rings. The molecule has 28 heavy (non-hydrogen) atoms. The molecule has 1 aromatic carbocycles. The Morgan fingerprint density at radius 3 is 2.68 bits per heavy atom. The standard InChI is InChI=1S/C17H13ClN4O5S/c18-8-3-1-2-4-9(8)20-11(23)7-19-10-5-6-28-14(10)15-21-12(17(26)27)13(24)16(25)22-15/h1-6,19,24H,7H2,(H,20,23)(H,26,27)(H,21,22,25). The highest BCUT2D eigenvalue weighted by Crippen LogP contribution is 2.31. The van der Waals surface area contributed by atoms with Gasteiger partial charge in [0, 0.05) is 0 Å². The maximum atomic E-state index is 12.1. The SMILES string of the molecule is O=C(CNc1ccsc1-c1nc(C(=O)O)c(O)c(=O)[nH]1)Nc1ccccc1Cl. The molecule has 1 amide bonds. The van der Waals surface area contributed by atoms with Crippen molar-refractivity contribution in [2.75, 3.05) is 17.2 Å². The third-order valence-corrected chi connectivity index (χ3v) is 4.82. The molecule has 0 atom stereocenters. The molecule has 0 aliphatic heterocycles. The predicted molar refractivity (Wildman–Crippen MR) is 105 cm³/mol. The summed E-state index contributed by atoms with van der Waals surface area (Å²) in [4.78, 5) is 41.6. The molecule has 9 nitrogen and oxygen atoms in total. The first-order valence-electron chi connectivity index (χ1n) is 7.79. The average Bonchev–Trinajstić information content (AvgIpc) is 3.12. The molecule has 2 heterocycles. The number of aromatic nitrogens is 2. The van der Waals surface area contributed by atoms with Crippen molar-refractivity contribution in [3.05, 3.63) is 56.8 Å². The molecule has 0 radical (unpaired) electrons. The van der Waals surface area contributed by atoms with Crippen LogP contribution in [0.4, 0.5) is 11.4 Å². The molecule has 0 saturated carbocycles. The van der Waals surface area contributed by atoms with E-state index in [2.05, 4.69) is 20.6 Å². The Bertz CT molecular complexity index is 1110. The van der Waals surface area contributed by atoms with Crippen LogP contribution in [0.3, 0.4) is 0 Å². The van der Waals surface area contributed by atoms with Gasteiger partial charge in [0.1, 0.15) is 0 Å². The molecular formula is C17H13ClN4O5S. The first-order chi connectivity index (χ1) is 13.4. The van der Waals surface area contributed by atoms with E-state index in [4.69, 9.17) is 16.7 Å². The van der Waals surface area contributed by atoms with E-state index < -0.39 is 23.0 Å². The van der Waals surface area contributed by atoms with Crippen molar-refractivity contribution >= 4 is 46.2 Å². The molecule has 0 aliphatic carbocycles. The number of hydrogen-bond donors (Lipinski definition) is 5. The topological polar surface area (TPSA) is 144 Å². The third kappa shape index (κ3) is 4.13. The molecule has 0 fully saturated rings. The van der Waals surface area contributed by atoms with Gasteiger partial charge in [0.2, 0.25) is 11.7 Å². The van der Waals surface area contributed by atoms with E-state index in [1.807, 2.05) is 0 Å². The van der Waals surface area contributed by atoms with Crippen LogP contribution in [0.2, 0.25) is 5.02 Å². The summed E-state index contributed by atoms with van der Waals surface area (Å²) < 4.78 is 0. The highest BCUT2D eigenvalue weighted by molar-refractivity contribution is 7.14. The van der Waals surface area contributed by atoms with E-state index in [-0.39, 0.29) is 18.3 Å². The van der Waals surface area contributed by atoms with Gasteiger partial charge in [0.15, 0.2) is 11.5 Å². The number of aromatic amines is 1. The minimum Gasteiger partial charge on any atom is -0.501 e. The van der Waals surface area contributed by atoms with Gasteiger partial charge in [-0.25, -0.2) is 9.78 Å². The summed E-state index contributed by atoms with van der Waals surface area (Å²) in [5.41, 5.74) is -0.797. The normalized spacial score (nSPS) is 10.5. The van der Waals surface area contributed by atoms with Crippen LogP contribution in [0, 0.1) is 0 Å². The summed E-state index contributed by atoms with van der Waals surface area (Å²) in [6, 6.07) is 8.43. The lowest BCUT2D eigenvalue weighted by atomic mass is 10.3. The number of carboxylic acid groups (broad SMARTS) is 1. The Balaban J connectivity index is 1.78. The molecular weight excluding hydrogens is 408 g/mol. The van der Waals surface area contributed by atoms with Crippen molar-refractivity contribution in [1.82, 2.24) is 9.97 Å². The Morgan fingerprint density at radius 1 is 1.21 bits per heavy atom. The highest BCUT2D eigenvalue weighted by atomic mass is 35.5. The van der Waals surface area contributed by atoms with Gasteiger partial charge in [-0.2, -0.15) is 0 Å². The number of benzene rings is 1. The van der Waals surface area contributed by atoms with Crippen LogP contribution < -0.4 is 16.2 Å². The zero-order valence-corrected chi connectivity index (χ0v) is 15.6. The number of nitrogens with zero attached hydrogens (tertiary/aromatic N) is 1. The van der Waals surface area contributed by atoms with Gasteiger partial charge in [-0.05, 0) is 23.6 Å². The number of rotatable bonds is 6. The number of para-hydroxylation sites is 1. The van der Waals surface area contributed by atoms with E-state index in [0.29, 0.717) is 21.3 Å². The molecule has 5 N–H and O–H groups in total. The summed E-state index contributed by atoms with van der Waals surface area (Å²) in [6.45, 7) is -0.108. The maximum absolute atomic E-state index is 12.1. The zero-order valence-electron chi connectivity index (χ0n) is 14.0. The summed E-state index contributed by atoms with van der Waals surface area (Å²) in [5.74, 6) is -2.90. The fourth-order valence-corrected chi connectivity index (χ4v) is 3.29. The van der Waals surface area contributed by atoms with Crippen molar-refractivity contribution in [2.45, 2.75) is 0 Å². The lowest BCUT2D eigenvalue weighted by molar-refractivity contribution is -0.114. The Labute approximate surface area is 166 Å². The minimum absolute atomic E-state index is 0.0378. The van der Waals surface area contributed by atoms with Crippen molar-refractivity contribution in [3.63, 3.8) is 0 Å². The number of thiophene rings is 1. The molecule has 2 aromatic heterocycles. The van der Waals surface area contributed by atoms with Crippen molar-refractivity contribution in [2.24, 2.45) is 0 Å². The molecule has 0 aliphatic rings. The number of hydrogen-bond acceptors (Lipinski definition) is 7. The Hall–Kier alpha value is -3.37. The van der Waals surface area contributed by atoms with Crippen molar-refractivity contribution in [1.29, 1.82) is 0 Å². The number of H-pyrrole nitrogens is 1. The molecule has 11 heteroatoms. The Kier molecular flexibility index (Phi) is 5.62. The predicted octanol–water partition coefficient (Wildman–Crippen LogP) is 2.61. The van der Waals surface area contributed by atoms with E-state index in [0.717, 1.165) is 0 Å². The smallest absolute Gasteiger partial charge is 0.358 e. The second-order valence-corrected chi connectivity index (χ2v) is 6.79. The first-order valence-corrected chi connectivity index (χ1v) is 9.05. The summed E-state index contributed by atoms with van der Waals surface area (Å²) in [7, 11) is 0. The number of carbonyl (C=O) groups excluding carboxylic acids is 1. The lowest BCUT2D eigenvalue weighted by Crippen LogP contribution is -2.22. The van der Waals surface area contributed by atoms with Gasteiger partial charge < -0.3 is 25.8 Å². The number of anilines is 2. The number of nitrogens with one attached hydrogen (secondary N) is 3. The van der Waals surface area contributed by atoms with Gasteiger partial charge >= 0.3 is 5.97 Å². The average molecular weight is 421 g/mol. The summed E-state index contributed by atoms with van der Waals surface area (Å²) in [5, 5.41) is 26.2. The quantitative estimate of drug-likeness (QED) is 0.412. The van der Waals surface area contributed by atoms with Gasteiger partial charge in [-0.3, -0.25) is 9.59 Å². The van der Waals surface area contributed by atoms with Crippen LogP contribution in [-0.4, -0.2) is 38.6 Å². The second kappa shape index (κ2) is 8.11. The van der Waals surface area contributed by atoms with Crippen LogP contribution in [0.25, 0.3) is 10.7 Å². The maximum Gasteiger partial charge on any atom is 0.358 e. The van der Waals surface area contributed by atoms with E-state index in [1.165, 1.54) is 11.3 Å². The molecule has 0 saturated heterocycles. The number of carboxylic acids is 1. The van der Waals surface area contributed by atoms with Crippen LogP contribution in [-0.2, 0) is 4.79 Å². The van der Waals surface area contributed by atoms with E-state index in [9.17, 15) is 19.5 Å². The highest BCUT2D eigenvalue weighted by Gasteiger charge is 2.19. The van der Waals surface area contributed by atoms with Gasteiger partial charge in [0.25, 0.3) is 5.56 Å². The fraction of sp³-hybridized carbons (Fsp3) is 0.0588. The zero-order chi connectivity index (χ0) is 20.3. The number of carbonyl (C=O) groups is 2. The third-order valence-electron chi connectivity index (χ3n) is 3.57. The largest absolute Gasteiger partial charge is 0.501 e. The van der Waals surface area contributed by atoms with Gasteiger partial charge in [-0.1, -0.05) is 23.7 Å². The monoisotopic (exact) mass is 420 g/mol. The number of amides is 1. The molecule has 144 valence electrons. The molecule has 0 spiro atoms. The molecule has 3 rings (SSSR count). The summed E-state index contributed by atoms with van der Waals surface area (Å²) in [6.07, 6.45) is 0. The number of aromatic carboxylic acids is 1. The second-order valence-electron chi connectivity index (χ2n) is 5.46. The summed E-state index contributed by atoms with van der Waals surface area (Å²) >= 11 is 7.17. The lowest BCUT2D eigenvalue weighted by Gasteiger charge is -2.10. The fourth-order valence-electron chi connectivity index (χ4n) is 2.29. The molecule has 0 bridgehead atoms. The van der Waals surface area contributed by atoms with Crippen LogP contribution in [0.15, 0.2) is 40.5 Å². The Morgan fingerprint density at radius 2 is 1.96 bits per heavy atom. The minimum atomic E-state index is -1.53. The van der Waals surface area contributed by atoms with Crippen molar-refractivity contribution < 1.29 is 19.8 Å². The van der Waals surface area contributed by atoms with Crippen LogP contribution in [0.5, 0.6) is 5.75 Å². The first kappa shape index (κ1) is 19.4. The molecule has 0 unspecified atom stereocenters. The van der Waals surface area contributed by atoms with Gasteiger partial charge in [0.05, 0.1) is 27.8 Å². The van der Waals surface area contributed by atoms with Crippen molar-refractivity contribution in [3.8, 4) is 16.5 Å². The van der Waals surface area contributed by atoms with Crippen LogP contribution in [0.1, 0.15) is 10.5 Å². The van der Waals surface area contributed by atoms with Gasteiger partial charge in [-0.15, -0.1) is 11.3 Å². The number of aromatic hydroxyl groups is 1. The number of halogens is 1. The van der Waals surface area contributed by atoms with E-state index >= 15 is 0 Å².